The van der Waals surface area contributed by atoms with Crippen LogP contribution in [0, 0.1) is 13.8 Å². The Labute approximate surface area is 127 Å². The molecule has 1 fully saturated rings. The molecule has 112 valence electrons. The fourth-order valence-corrected chi connectivity index (χ4v) is 4.00. The van der Waals surface area contributed by atoms with Gasteiger partial charge in [0.2, 0.25) is 0 Å². The molecule has 0 aliphatic carbocycles. The summed E-state index contributed by atoms with van der Waals surface area (Å²) in [6.45, 7) is 5.71. The van der Waals surface area contributed by atoms with Crippen LogP contribution in [0.25, 0.3) is 10.2 Å². The number of carboxylic acids is 1. The number of thiophene rings is 1. The van der Waals surface area contributed by atoms with Crippen LogP contribution in [-0.4, -0.2) is 34.1 Å². The van der Waals surface area contributed by atoms with Gasteiger partial charge in [-0.25, -0.2) is 14.8 Å². The number of aromatic carboxylic acids is 1. The molecule has 0 unspecified atom stereocenters. The quantitative estimate of drug-likeness (QED) is 0.921. The smallest absolute Gasteiger partial charge is 0.346 e. The van der Waals surface area contributed by atoms with Crippen molar-refractivity contribution in [2.45, 2.75) is 39.5 Å². The van der Waals surface area contributed by atoms with Crippen molar-refractivity contribution in [2.24, 2.45) is 0 Å². The van der Waals surface area contributed by atoms with Gasteiger partial charge in [-0.1, -0.05) is 12.8 Å². The maximum atomic E-state index is 11.4. The Balaban J connectivity index is 2.18. The van der Waals surface area contributed by atoms with E-state index in [9.17, 15) is 9.90 Å². The third-order valence-electron chi connectivity index (χ3n) is 3.98. The van der Waals surface area contributed by atoms with Crippen LogP contribution in [0.3, 0.4) is 0 Å². The van der Waals surface area contributed by atoms with E-state index in [2.05, 4.69) is 14.9 Å². The standard InChI is InChI=1S/C15H19N3O2S/c1-9-11-13(18-7-5-3-4-6-8-18)16-10(2)17-14(11)21-12(9)15(19)20/h3-8H2,1-2H3,(H,19,20). The molecule has 3 heterocycles. The monoisotopic (exact) mass is 305 g/mol. The molecule has 1 aliphatic rings. The number of fused-ring (bicyclic) bond motifs is 1. The van der Waals surface area contributed by atoms with Gasteiger partial charge in [0.1, 0.15) is 21.3 Å². The van der Waals surface area contributed by atoms with Gasteiger partial charge in [-0.15, -0.1) is 11.3 Å². The molecule has 0 atom stereocenters. The molecule has 2 aromatic rings. The largest absolute Gasteiger partial charge is 0.477 e. The summed E-state index contributed by atoms with van der Waals surface area (Å²) in [6.07, 6.45) is 4.85. The minimum Gasteiger partial charge on any atom is -0.477 e. The summed E-state index contributed by atoms with van der Waals surface area (Å²) in [7, 11) is 0. The van der Waals surface area contributed by atoms with Gasteiger partial charge in [-0.2, -0.15) is 0 Å². The van der Waals surface area contributed by atoms with Crippen molar-refractivity contribution in [1.29, 1.82) is 0 Å². The molecule has 0 spiro atoms. The molecular weight excluding hydrogens is 286 g/mol. The molecular formula is C15H19N3O2S. The number of hydrogen-bond acceptors (Lipinski definition) is 5. The van der Waals surface area contributed by atoms with Crippen LogP contribution in [-0.2, 0) is 0 Å². The maximum absolute atomic E-state index is 11.4. The van der Waals surface area contributed by atoms with E-state index in [-0.39, 0.29) is 0 Å². The SMILES string of the molecule is Cc1nc(N2CCCCCC2)c2c(C)c(C(=O)O)sc2n1. The molecule has 3 rings (SSSR count). The topological polar surface area (TPSA) is 66.3 Å². The molecule has 1 N–H and O–H groups in total. The lowest BCUT2D eigenvalue weighted by molar-refractivity contribution is 0.0701. The number of hydrogen-bond donors (Lipinski definition) is 1. The zero-order valence-corrected chi connectivity index (χ0v) is 13.2. The predicted molar refractivity (Wildman–Crippen MR) is 84.5 cm³/mol. The fourth-order valence-electron chi connectivity index (χ4n) is 2.94. The van der Waals surface area contributed by atoms with Crippen molar-refractivity contribution in [3.8, 4) is 0 Å². The van der Waals surface area contributed by atoms with Crippen molar-refractivity contribution < 1.29 is 9.90 Å². The van der Waals surface area contributed by atoms with E-state index in [1.54, 1.807) is 0 Å². The van der Waals surface area contributed by atoms with Crippen LogP contribution in [0.15, 0.2) is 0 Å². The summed E-state index contributed by atoms with van der Waals surface area (Å²) < 4.78 is 0. The Kier molecular flexibility index (Phi) is 3.80. The average Bonchev–Trinajstić information content (AvgIpc) is 2.65. The van der Waals surface area contributed by atoms with E-state index < -0.39 is 5.97 Å². The minimum absolute atomic E-state index is 0.376. The molecule has 0 aromatic carbocycles. The summed E-state index contributed by atoms with van der Waals surface area (Å²) in [6, 6.07) is 0. The number of anilines is 1. The van der Waals surface area contributed by atoms with Crippen molar-refractivity contribution in [3.63, 3.8) is 0 Å². The van der Waals surface area contributed by atoms with Gasteiger partial charge in [0.25, 0.3) is 0 Å². The van der Waals surface area contributed by atoms with Gasteiger partial charge >= 0.3 is 5.97 Å². The molecule has 1 saturated heterocycles. The zero-order valence-electron chi connectivity index (χ0n) is 12.3. The van der Waals surface area contributed by atoms with Gasteiger partial charge in [-0.05, 0) is 32.3 Å². The van der Waals surface area contributed by atoms with Crippen molar-refractivity contribution >= 4 is 33.3 Å². The van der Waals surface area contributed by atoms with E-state index in [4.69, 9.17) is 0 Å². The van der Waals surface area contributed by atoms with E-state index >= 15 is 0 Å². The highest BCUT2D eigenvalue weighted by atomic mass is 32.1. The van der Waals surface area contributed by atoms with Gasteiger partial charge in [0, 0.05) is 13.1 Å². The lowest BCUT2D eigenvalue weighted by atomic mass is 10.2. The molecule has 21 heavy (non-hydrogen) atoms. The molecule has 5 nitrogen and oxygen atoms in total. The fraction of sp³-hybridized carbons (Fsp3) is 0.533. The average molecular weight is 305 g/mol. The lowest BCUT2D eigenvalue weighted by Crippen LogP contribution is -2.25. The Morgan fingerprint density at radius 2 is 1.81 bits per heavy atom. The second kappa shape index (κ2) is 5.60. The first-order chi connectivity index (χ1) is 10.1. The number of rotatable bonds is 2. The van der Waals surface area contributed by atoms with Crippen LogP contribution >= 0.6 is 11.3 Å². The zero-order chi connectivity index (χ0) is 15.0. The number of carboxylic acid groups (broad SMARTS) is 1. The first kappa shape index (κ1) is 14.3. The normalized spacial score (nSPS) is 16.2. The highest BCUT2D eigenvalue weighted by Crippen LogP contribution is 2.36. The second-order valence-electron chi connectivity index (χ2n) is 5.54. The van der Waals surface area contributed by atoms with Crippen molar-refractivity contribution in [1.82, 2.24) is 9.97 Å². The Morgan fingerprint density at radius 3 is 2.43 bits per heavy atom. The van der Waals surface area contributed by atoms with Crippen molar-refractivity contribution in [2.75, 3.05) is 18.0 Å². The number of nitrogens with zero attached hydrogens (tertiary/aromatic N) is 3. The number of aryl methyl sites for hydroxylation is 2. The number of carbonyl (C=O) groups is 1. The molecule has 2 aromatic heterocycles. The first-order valence-corrected chi connectivity index (χ1v) is 8.15. The summed E-state index contributed by atoms with van der Waals surface area (Å²) in [5.74, 6) is 0.746. The highest BCUT2D eigenvalue weighted by molar-refractivity contribution is 7.20. The third-order valence-corrected chi connectivity index (χ3v) is 5.16. The third kappa shape index (κ3) is 2.60. The van der Waals surface area contributed by atoms with E-state index in [0.29, 0.717) is 10.7 Å². The van der Waals surface area contributed by atoms with E-state index in [1.807, 2.05) is 13.8 Å². The van der Waals surface area contributed by atoms with Gasteiger partial charge < -0.3 is 10.0 Å². The summed E-state index contributed by atoms with van der Waals surface area (Å²) in [4.78, 5) is 23.9. The van der Waals surface area contributed by atoms with Gasteiger partial charge in [-0.3, -0.25) is 0 Å². The minimum atomic E-state index is -0.880. The van der Waals surface area contributed by atoms with Gasteiger partial charge in [0.05, 0.1) is 5.39 Å². The predicted octanol–water partition coefficient (Wildman–Crippen LogP) is 3.39. The first-order valence-electron chi connectivity index (χ1n) is 7.34. The second-order valence-corrected chi connectivity index (χ2v) is 6.54. The van der Waals surface area contributed by atoms with Gasteiger partial charge in [0.15, 0.2) is 0 Å². The summed E-state index contributed by atoms with van der Waals surface area (Å²) in [5, 5.41) is 10.3. The van der Waals surface area contributed by atoms with Crippen molar-refractivity contribution in [3.05, 3.63) is 16.3 Å². The number of aromatic nitrogens is 2. The van der Waals surface area contributed by atoms with E-state index in [0.717, 1.165) is 34.7 Å². The summed E-state index contributed by atoms with van der Waals surface area (Å²) >= 11 is 1.25. The van der Waals surface area contributed by atoms with Crippen LogP contribution in [0.5, 0.6) is 0 Å². The molecule has 6 heteroatoms. The molecule has 1 aliphatic heterocycles. The van der Waals surface area contributed by atoms with E-state index in [1.165, 1.54) is 37.0 Å². The highest BCUT2D eigenvalue weighted by Gasteiger charge is 2.22. The van der Waals surface area contributed by atoms with Crippen LogP contribution in [0.1, 0.15) is 46.7 Å². The molecule has 0 radical (unpaired) electrons. The summed E-state index contributed by atoms with van der Waals surface area (Å²) in [5.41, 5.74) is 0.793. The molecule has 0 bridgehead atoms. The molecule has 0 saturated carbocycles. The lowest BCUT2D eigenvalue weighted by Gasteiger charge is -2.22. The maximum Gasteiger partial charge on any atom is 0.346 e. The molecule has 0 amide bonds. The van der Waals surface area contributed by atoms with Crippen LogP contribution in [0.2, 0.25) is 0 Å². The Bertz CT molecular complexity index is 688. The van der Waals surface area contributed by atoms with Crippen LogP contribution < -0.4 is 4.90 Å². The Morgan fingerprint density at radius 1 is 1.14 bits per heavy atom. The Hall–Kier alpha value is -1.69. The van der Waals surface area contributed by atoms with Crippen LogP contribution in [0.4, 0.5) is 5.82 Å².